The van der Waals surface area contributed by atoms with Gasteiger partial charge in [0.05, 0.1) is 12.8 Å². The molecule has 1 aliphatic heterocycles. The molecule has 0 bridgehead atoms. The summed E-state index contributed by atoms with van der Waals surface area (Å²) in [7, 11) is 1.60. The first-order valence-electron chi connectivity index (χ1n) is 9.87. The predicted molar refractivity (Wildman–Crippen MR) is 114 cm³/mol. The molecule has 0 atom stereocenters. The largest absolute Gasteiger partial charge is 0.497 e. The first kappa shape index (κ1) is 18.9. The molecule has 1 amide bonds. The molecule has 1 N–H and O–H groups in total. The lowest BCUT2D eigenvalue weighted by Gasteiger charge is -2.27. The maximum Gasteiger partial charge on any atom is 0.255 e. The lowest BCUT2D eigenvalue weighted by atomic mass is 10.1. The zero-order chi connectivity index (χ0) is 20.1. The van der Waals surface area contributed by atoms with E-state index in [1.807, 2.05) is 36.4 Å². The lowest BCUT2D eigenvalue weighted by Crippen LogP contribution is -2.30. The first-order valence-corrected chi connectivity index (χ1v) is 9.87. The van der Waals surface area contributed by atoms with Gasteiger partial charge in [-0.05, 0) is 67.8 Å². The van der Waals surface area contributed by atoms with Crippen molar-refractivity contribution in [1.82, 2.24) is 10.2 Å². The van der Waals surface area contributed by atoms with Crippen LogP contribution in [0.1, 0.15) is 29.6 Å². The Morgan fingerprint density at radius 3 is 2.45 bits per heavy atom. The van der Waals surface area contributed by atoms with Gasteiger partial charge in [-0.3, -0.25) is 4.79 Å². The topological polar surface area (TPSA) is 67.3 Å². The second-order valence-corrected chi connectivity index (χ2v) is 7.09. The van der Waals surface area contributed by atoms with Gasteiger partial charge in [0.1, 0.15) is 5.75 Å². The van der Waals surface area contributed by atoms with Gasteiger partial charge in [0, 0.05) is 29.9 Å². The molecule has 2 heterocycles. The van der Waals surface area contributed by atoms with E-state index in [0.29, 0.717) is 11.3 Å². The van der Waals surface area contributed by atoms with E-state index in [-0.39, 0.29) is 5.91 Å². The van der Waals surface area contributed by atoms with Crippen LogP contribution in [0.4, 0.5) is 11.5 Å². The summed E-state index contributed by atoms with van der Waals surface area (Å²) in [6, 6.07) is 18.7. The number of rotatable bonds is 5. The Kier molecular flexibility index (Phi) is 5.70. The molecular formula is C23H24N4O2. The summed E-state index contributed by atoms with van der Waals surface area (Å²) in [6.07, 6.45) is 3.70. The number of nitrogens with zero attached hydrogens (tertiary/aromatic N) is 3. The summed E-state index contributed by atoms with van der Waals surface area (Å²) in [5, 5.41) is 11.7. The summed E-state index contributed by atoms with van der Waals surface area (Å²) in [6.45, 7) is 2.09. The Labute approximate surface area is 170 Å². The normalized spacial score (nSPS) is 13.8. The number of benzene rings is 2. The summed E-state index contributed by atoms with van der Waals surface area (Å²) in [5.41, 5.74) is 2.98. The second kappa shape index (κ2) is 8.73. The van der Waals surface area contributed by atoms with Crippen LogP contribution in [0.15, 0.2) is 60.7 Å². The van der Waals surface area contributed by atoms with Crippen LogP contribution in [0.25, 0.3) is 11.3 Å². The van der Waals surface area contributed by atoms with E-state index in [1.165, 1.54) is 19.3 Å². The van der Waals surface area contributed by atoms with Gasteiger partial charge in [-0.25, -0.2) is 0 Å². The van der Waals surface area contributed by atoms with E-state index in [4.69, 9.17) is 4.74 Å². The highest BCUT2D eigenvalue weighted by Gasteiger charge is 2.13. The minimum absolute atomic E-state index is 0.170. The van der Waals surface area contributed by atoms with E-state index in [1.54, 1.807) is 31.4 Å². The molecule has 1 saturated heterocycles. The van der Waals surface area contributed by atoms with E-state index in [9.17, 15) is 4.79 Å². The van der Waals surface area contributed by atoms with Crippen molar-refractivity contribution in [2.45, 2.75) is 19.3 Å². The Morgan fingerprint density at radius 2 is 1.76 bits per heavy atom. The van der Waals surface area contributed by atoms with Crippen LogP contribution in [0.5, 0.6) is 5.75 Å². The number of hydrogen-bond acceptors (Lipinski definition) is 5. The number of carbonyl (C=O) groups excluding carboxylic acids is 1. The van der Waals surface area contributed by atoms with Crippen molar-refractivity contribution in [2.24, 2.45) is 0 Å². The minimum Gasteiger partial charge on any atom is -0.497 e. The number of nitrogens with one attached hydrogen (secondary N) is 1. The number of aromatic nitrogens is 2. The third-order valence-corrected chi connectivity index (χ3v) is 5.10. The van der Waals surface area contributed by atoms with Crippen LogP contribution in [0.3, 0.4) is 0 Å². The fourth-order valence-electron chi connectivity index (χ4n) is 3.47. The highest BCUT2D eigenvalue weighted by Crippen LogP contribution is 2.23. The third-order valence-electron chi connectivity index (χ3n) is 5.10. The van der Waals surface area contributed by atoms with Gasteiger partial charge in [0.15, 0.2) is 5.82 Å². The first-order chi connectivity index (χ1) is 14.2. The second-order valence-electron chi connectivity index (χ2n) is 7.09. The molecule has 0 spiro atoms. The average Bonchev–Trinajstić information content (AvgIpc) is 2.80. The Hall–Kier alpha value is -3.41. The molecule has 3 aromatic rings. The summed E-state index contributed by atoms with van der Waals surface area (Å²) >= 11 is 0. The monoisotopic (exact) mass is 388 g/mol. The van der Waals surface area contributed by atoms with Crippen molar-refractivity contribution in [3.63, 3.8) is 0 Å². The molecule has 0 unspecified atom stereocenters. The molecule has 0 radical (unpaired) electrons. The number of piperidine rings is 1. The van der Waals surface area contributed by atoms with E-state index >= 15 is 0 Å². The van der Waals surface area contributed by atoms with Crippen LogP contribution < -0.4 is 15.0 Å². The molecule has 6 heteroatoms. The smallest absolute Gasteiger partial charge is 0.255 e. The van der Waals surface area contributed by atoms with Gasteiger partial charge in [-0.2, -0.15) is 0 Å². The maximum absolute atomic E-state index is 12.5. The van der Waals surface area contributed by atoms with Gasteiger partial charge in [0.2, 0.25) is 0 Å². The number of amides is 1. The van der Waals surface area contributed by atoms with Crippen molar-refractivity contribution >= 4 is 17.4 Å². The predicted octanol–water partition coefficient (Wildman–Crippen LogP) is 4.39. The molecule has 6 nitrogen and oxygen atoms in total. The van der Waals surface area contributed by atoms with Gasteiger partial charge in [-0.1, -0.05) is 12.1 Å². The van der Waals surface area contributed by atoms with Crippen LogP contribution in [-0.2, 0) is 0 Å². The maximum atomic E-state index is 12.5. The standard InChI is InChI=1S/C23H24N4O2/c1-29-20-10-8-17(9-11-20)23(28)24-19-7-5-6-18(16-19)21-12-13-22(26-25-21)27-14-3-2-4-15-27/h5-13,16H,2-4,14-15H2,1H3,(H,24,28). The quantitative estimate of drug-likeness (QED) is 0.702. The summed E-state index contributed by atoms with van der Waals surface area (Å²) in [4.78, 5) is 14.8. The molecule has 0 saturated carbocycles. The van der Waals surface area contributed by atoms with E-state index in [0.717, 1.165) is 35.9 Å². The van der Waals surface area contributed by atoms with E-state index in [2.05, 4.69) is 20.4 Å². The zero-order valence-corrected chi connectivity index (χ0v) is 16.5. The Balaban J connectivity index is 1.47. The average molecular weight is 388 g/mol. The highest BCUT2D eigenvalue weighted by molar-refractivity contribution is 6.04. The number of methoxy groups -OCH3 is 1. The van der Waals surface area contributed by atoms with Gasteiger partial charge >= 0.3 is 0 Å². The molecule has 0 aliphatic carbocycles. The molecule has 4 rings (SSSR count). The van der Waals surface area contributed by atoms with Gasteiger partial charge in [-0.15, -0.1) is 10.2 Å². The molecule has 1 aliphatic rings. The number of carbonyl (C=O) groups is 1. The number of anilines is 2. The SMILES string of the molecule is COc1ccc(C(=O)Nc2cccc(-c3ccc(N4CCCCC4)nn3)c2)cc1. The molecular weight excluding hydrogens is 364 g/mol. The molecule has 148 valence electrons. The summed E-state index contributed by atoms with van der Waals surface area (Å²) < 4.78 is 5.13. The zero-order valence-electron chi connectivity index (χ0n) is 16.5. The molecule has 29 heavy (non-hydrogen) atoms. The Morgan fingerprint density at radius 1 is 0.966 bits per heavy atom. The van der Waals surface area contributed by atoms with Gasteiger partial charge < -0.3 is 15.0 Å². The van der Waals surface area contributed by atoms with Crippen LogP contribution in [-0.4, -0.2) is 36.3 Å². The third kappa shape index (κ3) is 4.54. The van der Waals surface area contributed by atoms with E-state index < -0.39 is 0 Å². The van der Waals surface area contributed by atoms with Crippen LogP contribution in [0.2, 0.25) is 0 Å². The number of ether oxygens (including phenoxy) is 1. The lowest BCUT2D eigenvalue weighted by molar-refractivity contribution is 0.102. The molecule has 1 fully saturated rings. The van der Waals surface area contributed by atoms with Crippen molar-refractivity contribution in [3.8, 4) is 17.0 Å². The van der Waals surface area contributed by atoms with Gasteiger partial charge in [0.25, 0.3) is 5.91 Å². The highest BCUT2D eigenvalue weighted by atomic mass is 16.5. The number of hydrogen-bond donors (Lipinski definition) is 1. The van der Waals surface area contributed by atoms with Crippen molar-refractivity contribution in [1.29, 1.82) is 0 Å². The minimum atomic E-state index is -0.170. The fraction of sp³-hybridized carbons (Fsp3) is 0.261. The Bertz CT molecular complexity index is 965. The van der Waals surface area contributed by atoms with Crippen LogP contribution in [0, 0.1) is 0 Å². The van der Waals surface area contributed by atoms with Crippen molar-refractivity contribution in [3.05, 3.63) is 66.2 Å². The summed E-state index contributed by atoms with van der Waals surface area (Å²) in [5.74, 6) is 1.48. The van der Waals surface area contributed by atoms with Crippen LogP contribution >= 0.6 is 0 Å². The van der Waals surface area contributed by atoms with Crippen molar-refractivity contribution in [2.75, 3.05) is 30.4 Å². The fourth-order valence-corrected chi connectivity index (χ4v) is 3.47. The molecule has 2 aromatic carbocycles. The van der Waals surface area contributed by atoms with Crippen molar-refractivity contribution < 1.29 is 9.53 Å². The molecule has 1 aromatic heterocycles.